The topological polar surface area (TPSA) is 54.7 Å². The average Bonchev–Trinajstić information content (AvgIpc) is 3.39. The molecule has 2 aliphatic rings. The lowest BCUT2D eigenvalue weighted by Gasteiger charge is -2.24. The summed E-state index contributed by atoms with van der Waals surface area (Å²) in [6.07, 6.45) is 3.87. The van der Waals surface area contributed by atoms with Gasteiger partial charge in [-0.2, -0.15) is 0 Å². The summed E-state index contributed by atoms with van der Waals surface area (Å²) in [5.74, 6) is 0.607. The number of hydrogen-bond donors (Lipinski definition) is 1. The van der Waals surface area contributed by atoms with Gasteiger partial charge in [-0.1, -0.05) is 13.0 Å². The van der Waals surface area contributed by atoms with E-state index in [9.17, 15) is 9.59 Å². The second-order valence-corrected chi connectivity index (χ2v) is 9.95. The van der Waals surface area contributed by atoms with Crippen LogP contribution in [-0.2, 0) is 9.59 Å². The number of anilines is 1. The van der Waals surface area contributed by atoms with Gasteiger partial charge in [0.15, 0.2) is 6.04 Å². The molecule has 2 heterocycles. The largest absolute Gasteiger partial charge is 0.324 e. The van der Waals surface area contributed by atoms with E-state index in [1.54, 1.807) is 11.3 Å². The van der Waals surface area contributed by atoms with Gasteiger partial charge in [-0.3, -0.25) is 9.59 Å². The number of nitrogens with one attached hydrogen (secondary N) is 1. The monoisotopic (exact) mass is 434 g/mol. The summed E-state index contributed by atoms with van der Waals surface area (Å²) in [6.45, 7) is 6.19. The molecule has 1 aromatic heterocycles. The van der Waals surface area contributed by atoms with Crippen molar-refractivity contribution in [2.75, 3.05) is 18.0 Å². The molecule has 2 aromatic carbocycles. The van der Waals surface area contributed by atoms with Gasteiger partial charge in [0.1, 0.15) is 5.01 Å². The first-order valence-corrected chi connectivity index (χ1v) is 12.0. The highest BCUT2D eigenvalue weighted by Gasteiger charge is 2.46. The third-order valence-electron chi connectivity index (χ3n) is 6.37. The highest BCUT2D eigenvalue weighted by molar-refractivity contribution is 7.21. The van der Waals surface area contributed by atoms with Crippen molar-refractivity contribution >= 4 is 39.1 Å². The normalized spacial score (nSPS) is 20.1. The van der Waals surface area contributed by atoms with E-state index >= 15 is 0 Å². The van der Waals surface area contributed by atoms with Crippen molar-refractivity contribution in [2.24, 2.45) is 5.92 Å². The molecule has 31 heavy (non-hydrogen) atoms. The first kappa shape index (κ1) is 20.3. The van der Waals surface area contributed by atoms with Gasteiger partial charge in [0.25, 0.3) is 5.91 Å². The van der Waals surface area contributed by atoms with Crippen molar-refractivity contribution < 1.29 is 14.5 Å². The highest BCUT2D eigenvalue weighted by Crippen LogP contribution is 2.32. The van der Waals surface area contributed by atoms with Gasteiger partial charge >= 0.3 is 0 Å². The van der Waals surface area contributed by atoms with E-state index in [0.29, 0.717) is 12.1 Å². The number of carbonyl (C=O) groups excluding carboxylic acids is 2. The summed E-state index contributed by atoms with van der Waals surface area (Å²) in [4.78, 5) is 33.4. The molecule has 2 fully saturated rings. The fraction of sp³-hybridized carbons (Fsp3) is 0.400. The lowest BCUT2D eigenvalue weighted by Crippen LogP contribution is -3.17. The van der Waals surface area contributed by atoms with E-state index < -0.39 is 0 Å². The van der Waals surface area contributed by atoms with Crippen LogP contribution >= 0.6 is 11.3 Å². The van der Waals surface area contributed by atoms with Crippen LogP contribution in [0.15, 0.2) is 42.5 Å². The van der Waals surface area contributed by atoms with Crippen LogP contribution in [0.1, 0.15) is 38.2 Å². The SMILES string of the molecule is CCC[NH+](CC1CC1)[C@@H]1CC(=O)N(c2ccc(-c3nc4ccc(C)cc4s3)cc2)C1=O. The molecule has 1 saturated carbocycles. The minimum absolute atomic E-state index is 0.0442. The zero-order valence-electron chi connectivity index (χ0n) is 18.1. The van der Waals surface area contributed by atoms with E-state index in [-0.39, 0.29) is 17.9 Å². The van der Waals surface area contributed by atoms with Crippen molar-refractivity contribution in [1.82, 2.24) is 4.98 Å². The Morgan fingerprint density at radius 3 is 2.61 bits per heavy atom. The summed E-state index contributed by atoms with van der Waals surface area (Å²) in [5, 5.41) is 0.951. The predicted octanol–water partition coefficient (Wildman–Crippen LogP) is 3.61. The van der Waals surface area contributed by atoms with Gasteiger partial charge in [-0.25, -0.2) is 9.88 Å². The van der Waals surface area contributed by atoms with Crippen molar-refractivity contribution in [3.8, 4) is 10.6 Å². The zero-order chi connectivity index (χ0) is 21.5. The molecular weight excluding hydrogens is 406 g/mol. The Morgan fingerprint density at radius 2 is 1.90 bits per heavy atom. The molecule has 0 radical (unpaired) electrons. The average molecular weight is 435 g/mol. The highest BCUT2D eigenvalue weighted by atomic mass is 32.1. The molecule has 2 atom stereocenters. The van der Waals surface area contributed by atoms with Gasteiger partial charge in [0.05, 0.1) is 35.4 Å². The van der Waals surface area contributed by atoms with Gasteiger partial charge in [-0.05, 0) is 68.1 Å². The molecule has 6 heteroatoms. The number of imide groups is 1. The number of aryl methyl sites for hydroxylation is 1. The molecule has 1 N–H and O–H groups in total. The maximum Gasteiger partial charge on any atom is 0.292 e. The van der Waals surface area contributed by atoms with Gasteiger partial charge in [-0.15, -0.1) is 11.3 Å². The number of fused-ring (bicyclic) bond motifs is 1. The zero-order valence-corrected chi connectivity index (χ0v) is 18.9. The predicted molar refractivity (Wildman–Crippen MR) is 124 cm³/mol. The number of nitrogens with zero attached hydrogens (tertiary/aromatic N) is 2. The Morgan fingerprint density at radius 1 is 1.13 bits per heavy atom. The first-order chi connectivity index (χ1) is 15.0. The number of amides is 2. The third-order valence-corrected chi connectivity index (χ3v) is 7.44. The Labute approximate surface area is 186 Å². The summed E-state index contributed by atoms with van der Waals surface area (Å²) >= 11 is 1.66. The molecule has 0 bridgehead atoms. The molecule has 3 aromatic rings. The van der Waals surface area contributed by atoms with E-state index in [4.69, 9.17) is 4.98 Å². The number of benzene rings is 2. The van der Waals surface area contributed by atoms with E-state index in [2.05, 4.69) is 26.0 Å². The molecule has 1 unspecified atom stereocenters. The number of rotatable bonds is 7. The van der Waals surface area contributed by atoms with E-state index in [1.165, 1.54) is 32.9 Å². The maximum atomic E-state index is 13.2. The lowest BCUT2D eigenvalue weighted by atomic mass is 10.1. The van der Waals surface area contributed by atoms with Crippen molar-refractivity contribution in [3.63, 3.8) is 0 Å². The molecular formula is C25H28N3O2S+. The van der Waals surface area contributed by atoms with Crippen LogP contribution in [0.5, 0.6) is 0 Å². The number of thiazole rings is 1. The van der Waals surface area contributed by atoms with Crippen molar-refractivity contribution in [2.45, 2.75) is 45.6 Å². The van der Waals surface area contributed by atoms with Crippen molar-refractivity contribution in [1.29, 1.82) is 0 Å². The van der Waals surface area contributed by atoms with Crippen LogP contribution < -0.4 is 9.80 Å². The molecule has 5 rings (SSSR count). The summed E-state index contributed by atoms with van der Waals surface area (Å²) in [5.41, 5.74) is 3.89. The van der Waals surface area contributed by atoms with Gasteiger partial charge in [0.2, 0.25) is 5.91 Å². The van der Waals surface area contributed by atoms with Crippen LogP contribution in [0.2, 0.25) is 0 Å². The molecule has 2 amide bonds. The Hall–Kier alpha value is -2.57. The second-order valence-electron chi connectivity index (χ2n) is 8.92. The number of carbonyl (C=O) groups is 2. The van der Waals surface area contributed by atoms with Crippen molar-refractivity contribution in [3.05, 3.63) is 48.0 Å². The number of hydrogen-bond acceptors (Lipinski definition) is 4. The molecule has 5 nitrogen and oxygen atoms in total. The number of aromatic nitrogens is 1. The quantitative estimate of drug-likeness (QED) is 0.578. The Balaban J connectivity index is 1.37. The minimum atomic E-state index is -0.236. The van der Waals surface area contributed by atoms with Crippen LogP contribution in [0.25, 0.3) is 20.8 Å². The van der Waals surface area contributed by atoms with E-state index in [1.807, 2.05) is 30.3 Å². The molecule has 1 saturated heterocycles. The van der Waals surface area contributed by atoms with Crippen LogP contribution in [0, 0.1) is 12.8 Å². The Kier molecular flexibility index (Phi) is 5.36. The summed E-state index contributed by atoms with van der Waals surface area (Å²) < 4.78 is 1.17. The summed E-state index contributed by atoms with van der Waals surface area (Å²) in [7, 11) is 0. The smallest absolute Gasteiger partial charge is 0.292 e. The van der Waals surface area contributed by atoms with Gasteiger partial charge in [0, 0.05) is 11.5 Å². The van der Waals surface area contributed by atoms with Crippen LogP contribution in [-0.4, -0.2) is 35.9 Å². The second kappa shape index (κ2) is 8.17. The lowest BCUT2D eigenvalue weighted by molar-refractivity contribution is -0.916. The fourth-order valence-corrected chi connectivity index (χ4v) is 5.63. The fourth-order valence-electron chi connectivity index (χ4n) is 4.56. The minimum Gasteiger partial charge on any atom is -0.324 e. The maximum absolute atomic E-state index is 13.2. The summed E-state index contributed by atoms with van der Waals surface area (Å²) in [6, 6.07) is 13.7. The molecule has 0 spiro atoms. The molecule has 1 aliphatic carbocycles. The Bertz CT molecular complexity index is 1130. The van der Waals surface area contributed by atoms with Crippen LogP contribution in [0.4, 0.5) is 5.69 Å². The number of quaternary nitrogens is 1. The van der Waals surface area contributed by atoms with Crippen LogP contribution in [0.3, 0.4) is 0 Å². The standard InChI is InChI=1S/C25H27N3O2S/c1-3-12-27(15-17-5-6-17)21-14-23(29)28(25(21)30)19-9-7-18(8-10-19)24-26-20-11-4-16(2)13-22(20)31-24/h4,7-11,13,17,21H,3,5-6,12,14-15H2,1-2H3/p+1/t21-/m1/s1. The third kappa shape index (κ3) is 4.02. The van der Waals surface area contributed by atoms with Gasteiger partial charge < -0.3 is 4.90 Å². The van der Waals surface area contributed by atoms with E-state index in [0.717, 1.165) is 41.5 Å². The molecule has 1 aliphatic heterocycles. The molecule has 160 valence electrons. The first-order valence-electron chi connectivity index (χ1n) is 11.2.